The van der Waals surface area contributed by atoms with Crippen LogP contribution in [-0.4, -0.2) is 41.4 Å². The standard InChI is InChI=1S/C16H23N3O3/c1-3-13(18-9-4-5-10-18)11-17-16(20)14-8-6-7-12(2)15(14)19(21)22/h6-8,13H,3-5,9-11H2,1-2H3,(H,17,20)/t13-/m1/s1. The lowest BCUT2D eigenvalue weighted by Gasteiger charge is -2.26. The minimum absolute atomic E-state index is 0.103. The molecule has 1 amide bonds. The third-order valence-corrected chi connectivity index (χ3v) is 4.29. The van der Waals surface area contributed by atoms with Gasteiger partial charge in [0.1, 0.15) is 5.56 Å². The summed E-state index contributed by atoms with van der Waals surface area (Å²) in [6.07, 6.45) is 3.36. The van der Waals surface area contributed by atoms with E-state index >= 15 is 0 Å². The van der Waals surface area contributed by atoms with Crippen molar-refractivity contribution in [3.8, 4) is 0 Å². The highest BCUT2D eigenvalue weighted by molar-refractivity contribution is 5.98. The average molecular weight is 305 g/mol. The van der Waals surface area contributed by atoms with E-state index < -0.39 is 4.92 Å². The maximum absolute atomic E-state index is 12.3. The molecule has 22 heavy (non-hydrogen) atoms. The number of rotatable bonds is 6. The van der Waals surface area contributed by atoms with Crippen molar-refractivity contribution in [1.29, 1.82) is 0 Å². The molecule has 0 unspecified atom stereocenters. The largest absolute Gasteiger partial charge is 0.350 e. The molecule has 2 rings (SSSR count). The van der Waals surface area contributed by atoms with Gasteiger partial charge in [-0.3, -0.25) is 19.8 Å². The van der Waals surface area contributed by atoms with Crippen LogP contribution in [0.2, 0.25) is 0 Å². The average Bonchev–Trinajstić information content (AvgIpc) is 3.01. The van der Waals surface area contributed by atoms with E-state index in [4.69, 9.17) is 0 Å². The third kappa shape index (κ3) is 3.62. The molecule has 0 saturated carbocycles. The number of carbonyl (C=O) groups is 1. The van der Waals surface area contributed by atoms with E-state index in [-0.39, 0.29) is 17.2 Å². The normalized spacial score (nSPS) is 16.5. The molecule has 6 nitrogen and oxygen atoms in total. The second-order valence-corrected chi connectivity index (χ2v) is 5.74. The summed E-state index contributed by atoms with van der Waals surface area (Å²) in [5, 5.41) is 14.0. The van der Waals surface area contributed by atoms with E-state index in [1.807, 2.05) is 0 Å². The molecule has 0 aliphatic carbocycles. The summed E-state index contributed by atoms with van der Waals surface area (Å²) >= 11 is 0. The second kappa shape index (κ2) is 7.35. The van der Waals surface area contributed by atoms with E-state index in [0.717, 1.165) is 19.5 Å². The number of aryl methyl sites for hydroxylation is 1. The molecule has 1 aromatic rings. The Morgan fingerprint density at radius 2 is 2.09 bits per heavy atom. The number of likely N-dealkylation sites (tertiary alicyclic amines) is 1. The van der Waals surface area contributed by atoms with Crippen LogP contribution in [0.4, 0.5) is 5.69 Å². The fourth-order valence-electron chi connectivity index (χ4n) is 3.03. The Labute approximate surface area is 130 Å². The molecular weight excluding hydrogens is 282 g/mol. The number of para-hydroxylation sites is 1. The number of hydrogen-bond acceptors (Lipinski definition) is 4. The summed E-state index contributed by atoms with van der Waals surface area (Å²) in [5.41, 5.74) is 0.541. The van der Waals surface area contributed by atoms with Crippen LogP contribution in [0, 0.1) is 17.0 Å². The first-order valence-electron chi connectivity index (χ1n) is 7.80. The number of nitrogens with one attached hydrogen (secondary N) is 1. The van der Waals surface area contributed by atoms with Crippen molar-refractivity contribution in [1.82, 2.24) is 10.2 Å². The SMILES string of the molecule is CC[C@H](CNC(=O)c1cccc(C)c1[N+](=O)[O-])N1CCCC1. The molecule has 0 bridgehead atoms. The number of carbonyl (C=O) groups excluding carboxylic acids is 1. The third-order valence-electron chi connectivity index (χ3n) is 4.29. The zero-order valence-electron chi connectivity index (χ0n) is 13.2. The number of benzene rings is 1. The number of nitro benzene ring substituents is 1. The molecule has 0 aromatic heterocycles. The lowest BCUT2D eigenvalue weighted by molar-refractivity contribution is -0.385. The zero-order chi connectivity index (χ0) is 16.1. The molecule has 1 saturated heterocycles. The van der Waals surface area contributed by atoms with Crippen LogP contribution < -0.4 is 5.32 Å². The van der Waals surface area contributed by atoms with Crippen LogP contribution in [0.3, 0.4) is 0 Å². The first kappa shape index (κ1) is 16.4. The fourth-order valence-corrected chi connectivity index (χ4v) is 3.03. The van der Waals surface area contributed by atoms with Gasteiger partial charge in [0.25, 0.3) is 11.6 Å². The Balaban J connectivity index is 2.06. The number of nitrogens with zero attached hydrogens (tertiary/aromatic N) is 2. The van der Waals surface area contributed by atoms with Gasteiger partial charge in [0.15, 0.2) is 0 Å². The van der Waals surface area contributed by atoms with Gasteiger partial charge in [-0.05, 0) is 45.3 Å². The van der Waals surface area contributed by atoms with E-state index in [1.54, 1.807) is 19.1 Å². The summed E-state index contributed by atoms with van der Waals surface area (Å²) in [6.45, 7) is 6.41. The van der Waals surface area contributed by atoms with Gasteiger partial charge in [0.2, 0.25) is 0 Å². The summed E-state index contributed by atoms with van der Waals surface area (Å²) in [4.78, 5) is 25.4. The van der Waals surface area contributed by atoms with Crippen LogP contribution in [0.15, 0.2) is 18.2 Å². The molecule has 1 aliphatic rings. The maximum atomic E-state index is 12.3. The van der Waals surface area contributed by atoms with Gasteiger partial charge in [0, 0.05) is 18.2 Å². The van der Waals surface area contributed by atoms with Gasteiger partial charge < -0.3 is 5.32 Å². The van der Waals surface area contributed by atoms with Crippen molar-refractivity contribution < 1.29 is 9.72 Å². The van der Waals surface area contributed by atoms with Crippen LogP contribution in [0.5, 0.6) is 0 Å². The van der Waals surface area contributed by atoms with Gasteiger partial charge in [-0.2, -0.15) is 0 Å². The molecule has 120 valence electrons. The summed E-state index contributed by atoms with van der Waals surface area (Å²) in [7, 11) is 0. The zero-order valence-corrected chi connectivity index (χ0v) is 13.2. The highest BCUT2D eigenvalue weighted by Gasteiger charge is 2.24. The number of hydrogen-bond donors (Lipinski definition) is 1. The summed E-state index contributed by atoms with van der Waals surface area (Å²) < 4.78 is 0. The smallest absolute Gasteiger partial charge is 0.285 e. The Morgan fingerprint density at radius 1 is 1.41 bits per heavy atom. The Hall–Kier alpha value is -1.95. The van der Waals surface area contributed by atoms with Crippen molar-refractivity contribution in [2.45, 2.75) is 39.2 Å². The predicted octanol–water partition coefficient (Wildman–Crippen LogP) is 2.51. The molecule has 0 radical (unpaired) electrons. The van der Waals surface area contributed by atoms with Crippen LogP contribution in [0.1, 0.15) is 42.1 Å². The Bertz CT molecular complexity index is 554. The van der Waals surface area contributed by atoms with Crippen molar-refractivity contribution in [2.75, 3.05) is 19.6 Å². The van der Waals surface area contributed by atoms with E-state index in [2.05, 4.69) is 17.1 Å². The molecular formula is C16H23N3O3. The molecule has 1 aromatic carbocycles. The fraction of sp³-hybridized carbons (Fsp3) is 0.562. The highest BCUT2D eigenvalue weighted by Crippen LogP contribution is 2.23. The predicted molar refractivity (Wildman–Crippen MR) is 85.1 cm³/mol. The molecule has 1 fully saturated rings. The van der Waals surface area contributed by atoms with E-state index in [0.29, 0.717) is 18.2 Å². The highest BCUT2D eigenvalue weighted by atomic mass is 16.6. The monoisotopic (exact) mass is 305 g/mol. The molecule has 1 atom stereocenters. The molecule has 1 aliphatic heterocycles. The van der Waals surface area contributed by atoms with Crippen molar-refractivity contribution in [2.24, 2.45) is 0 Å². The molecule has 1 N–H and O–H groups in total. The van der Waals surface area contributed by atoms with Crippen molar-refractivity contribution in [3.63, 3.8) is 0 Å². The Kier molecular flexibility index (Phi) is 5.49. The minimum Gasteiger partial charge on any atom is -0.350 e. The topological polar surface area (TPSA) is 75.5 Å². The van der Waals surface area contributed by atoms with Gasteiger partial charge in [0.05, 0.1) is 4.92 Å². The lowest BCUT2D eigenvalue weighted by Crippen LogP contribution is -2.42. The summed E-state index contributed by atoms with van der Waals surface area (Å²) in [5.74, 6) is -0.368. The Morgan fingerprint density at radius 3 is 2.68 bits per heavy atom. The van der Waals surface area contributed by atoms with Gasteiger partial charge in [-0.15, -0.1) is 0 Å². The molecule has 6 heteroatoms. The first-order chi connectivity index (χ1) is 10.5. The van der Waals surface area contributed by atoms with Gasteiger partial charge >= 0.3 is 0 Å². The molecule has 0 spiro atoms. The first-order valence-corrected chi connectivity index (χ1v) is 7.80. The van der Waals surface area contributed by atoms with Crippen LogP contribution in [0.25, 0.3) is 0 Å². The molecule has 1 heterocycles. The van der Waals surface area contributed by atoms with Crippen molar-refractivity contribution >= 4 is 11.6 Å². The van der Waals surface area contributed by atoms with Crippen molar-refractivity contribution in [3.05, 3.63) is 39.4 Å². The van der Waals surface area contributed by atoms with Crippen LogP contribution >= 0.6 is 0 Å². The quantitative estimate of drug-likeness (QED) is 0.647. The van der Waals surface area contributed by atoms with Crippen LogP contribution in [-0.2, 0) is 0 Å². The van der Waals surface area contributed by atoms with E-state index in [9.17, 15) is 14.9 Å². The second-order valence-electron chi connectivity index (χ2n) is 5.74. The van der Waals surface area contributed by atoms with Gasteiger partial charge in [-0.1, -0.05) is 19.1 Å². The minimum atomic E-state index is -0.484. The lowest BCUT2D eigenvalue weighted by atomic mass is 10.1. The van der Waals surface area contributed by atoms with E-state index in [1.165, 1.54) is 18.9 Å². The van der Waals surface area contributed by atoms with Gasteiger partial charge in [-0.25, -0.2) is 0 Å². The maximum Gasteiger partial charge on any atom is 0.285 e. The summed E-state index contributed by atoms with van der Waals surface area (Å²) in [6, 6.07) is 5.13. The number of nitro groups is 1. The number of amides is 1.